The first kappa shape index (κ1) is 17.4. The first-order valence-corrected chi connectivity index (χ1v) is 9.91. The van der Waals surface area contributed by atoms with Gasteiger partial charge in [-0.15, -0.1) is 0 Å². The van der Waals surface area contributed by atoms with E-state index in [0.717, 1.165) is 29.7 Å². The Kier molecular flexibility index (Phi) is 4.33. The quantitative estimate of drug-likeness (QED) is 0.863. The van der Waals surface area contributed by atoms with Crippen molar-refractivity contribution in [3.8, 4) is 0 Å². The molecule has 5 heterocycles. The van der Waals surface area contributed by atoms with Crippen LogP contribution in [0.4, 0.5) is 4.39 Å². The minimum atomic E-state index is -1.12. The van der Waals surface area contributed by atoms with Crippen molar-refractivity contribution in [3.63, 3.8) is 0 Å². The fourth-order valence-corrected chi connectivity index (χ4v) is 4.54. The number of fused-ring (bicyclic) bond motifs is 3. The molecule has 0 bridgehead atoms. The van der Waals surface area contributed by atoms with Gasteiger partial charge in [0.25, 0.3) is 5.91 Å². The molecule has 8 heteroatoms. The third-order valence-electron chi connectivity index (χ3n) is 5.99. The highest BCUT2D eigenvalue weighted by Crippen LogP contribution is 2.31. The van der Waals surface area contributed by atoms with E-state index in [9.17, 15) is 4.79 Å². The number of ether oxygens (including phenoxy) is 1. The lowest BCUT2D eigenvalue weighted by Gasteiger charge is -2.35. The molecule has 3 aliphatic rings. The monoisotopic (exact) mass is 392 g/mol. The Morgan fingerprint density at radius 3 is 3.00 bits per heavy atom. The van der Waals surface area contributed by atoms with Crippen molar-refractivity contribution in [2.75, 3.05) is 19.7 Å². The number of amides is 1. The fourth-order valence-electron chi connectivity index (χ4n) is 4.37. The van der Waals surface area contributed by atoms with Gasteiger partial charge in [-0.1, -0.05) is 11.6 Å². The molecular weight excluding hydrogens is 371 g/mol. The normalized spacial score (nSPS) is 30.6. The summed E-state index contributed by atoms with van der Waals surface area (Å²) in [5.41, 5.74) is 1.74. The molecule has 2 saturated heterocycles. The van der Waals surface area contributed by atoms with Gasteiger partial charge in [-0.2, -0.15) is 0 Å². The standard InChI is InChI=1S/C19H22ClFN4O2/c20-12-5-11-6-14-7-16(15(21)9-25(14)18(11)23-8-12)24-4-2-17(19(24)26)27-10-13-1-3-22-13/h5-6,8,13,15-17,22H,1-4,7,9-10H2. The van der Waals surface area contributed by atoms with Crippen LogP contribution in [0.2, 0.25) is 5.02 Å². The van der Waals surface area contributed by atoms with E-state index < -0.39 is 18.3 Å². The summed E-state index contributed by atoms with van der Waals surface area (Å²) in [6, 6.07) is 3.76. The highest BCUT2D eigenvalue weighted by atomic mass is 35.5. The fraction of sp³-hybridized carbons (Fsp3) is 0.579. The zero-order chi connectivity index (χ0) is 18.5. The molecule has 0 saturated carbocycles. The predicted molar refractivity (Wildman–Crippen MR) is 99.6 cm³/mol. The second kappa shape index (κ2) is 6.72. The maximum Gasteiger partial charge on any atom is 0.252 e. The highest BCUT2D eigenvalue weighted by Gasteiger charge is 2.42. The predicted octanol–water partition coefficient (Wildman–Crippen LogP) is 1.93. The van der Waals surface area contributed by atoms with Crippen LogP contribution >= 0.6 is 11.6 Å². The summed E-state index contributed by atoms with van der Waals surface area (Å²) in [5.74, 6) is -0.0762. The van der Waals surface area contributed by atoms with Crippen molar-refractivity contribution >= 4 is 28.5 Å². The number of carbonyl (C=O) groups excluding carboxylic acids is 1. The Morgan fingerprint density at radius 1 is 1.37 bits per heavy atom. The zero-order valence-corrected chi connectivity index (χ0v) is 15.7. The van der Waals surface area contributed by atoms with Crippen molar-refractivity contribution in [1.29, 1.82) is 0 Å². The number of hydrogen-bond donors (Lipinski definition) is 1. The molecular formula is C19H22ClFN4O2. The van der Waals surface area contributed by atoms with Gasteiger partial charge in [0.2, 0.25) is 0 Å². The Hall–Kier alpha value is -1.70. The lowest BCUT2D eigenvalue weighted by molar-refractivity contribution is -0.141. The molecule has 0 aliphatic carbocycles. The van der Waals surface area contributed by atoms with E-state index in [4.69, 9.17) is 16.3 Å². The molecule has 1 N–H and O–H groups in total. The van der Waals surface area contributed by atoms with E-state index in [1.165, 1.54) is 0 Å². The van der Waals surface area contributed by atoms with E-state index in [2.05, 4.69) is 10.3 Å². The number of pyridine rings is 1. The van der Waals surface area contributed by atoms with Crippen molar-refractivity contribution in [2.45, 2.75) is 50.2 Å². The molecule has 144 valence electrons. The van der Waals surface area contributed by atoms with Gasteiger partial charge in [0.15, 0.2) is 0 Å². The Bertz CT molecular complexity index is 884. The molecule has 1 amide bonds. The smallest absolute Gasteiger partial charge is 0.252 e. The van der Waals surface area contributed by atoms with Gasteiger partial charge in [0, 0.05) is 42.7 Å². The van der Waals surface area contributed by atoms with Crippen LogP contribution in [0.5, 0.6) is 0 Å². The second-order valence-electron chi connectivity index (χ2n) is 7.68. The summed E-state index contributed by atoms with van der Waals surface area (Å²) >= 11 is 6.03. The molecule has 0 aromatic carbocycles. The van der Waals surface area contributed by atoms with Crippen LogP contribution in [-0.4, -0.2) is 64.4 Å². The van der Waals surface area contributed by atoms with Crippen LogP contribution in [-0.2, 0) is 22.5 Å². The second-order valence-corrected chi connectivity index (χ2v) is 8.12. The van der Waals surface area contributed by atoms with Crippen molar-refractivity contribution < 1.29 is 13.9 Å². The molecule has 0 radical (unpaired) electrons. The van der Waals surface area contributed by atoms with Gasteiger partial charge in [-0.3, -0.25) is 4.79 Å². The maximum absolute atomic E-state index is 15.0. The minimum absolute atomic E-state index is 0.0762. The summed E-state index contributed by atoms with van der Waals surface area (Å²) in [6.45, 7) is 2.32. The number of likely N-dealkylation sites (tertiary alicyclic amines) is 1. The van der Waals surface area contributed by atoms with E-state index in [-0.39, 0.29) is 12.5 Å². The average molecular weight is 393 g/mol. The number of hydrogen-bond acceptors (Lipinski definition) is 4. The first-order chi connectivity index (χ1) is 13.1. The summed E-state index contributed by atoms with van der Waals surface area (Å²) in [4.78, 5) is 18.8. The minimum Gasteiger partial charge on any atom is -0.367 e. The molecule has 2 aromatic rings. The van der Waals surface area contributed by atoms with E-state index >= 15 is 4.39 Å². The number of rotatable bonds is 4. The van der Waals surface area contributed by atoms with Crippen LogP contribution in [0, 0.1) is 0 Å². The van der Waals surface area contributed by atoms with Gasteiger partial charge < -0.3 is 19.5 Å². The van der Waals surface area contributed by atoms with E-state index in [1.807, 2.05) is 16.7 Å². The topological polar surface area (TPSA) is 59.4 Å². The molecule has 5 rings (SSSR count). The van der Waals surface area contributed by atoms with Crippen LogP contribution in [0.25, 0.3) is 11.0 Å². The van der Waals surface area contributed by atoms with Crippen LogP contribution in [0.15, 0.2) is 18.3 Å². The van der Waals surface area contributed by atoms with Gasteiger partial charge in [-0.25, -0.2) is 9.37 Å². The van der Waals surface area contributed by atoms with Crippen molar-refractivity contribution in [3.05, 3.63) is 29.0 Å². The number of nitrogens with one attached hydrogen (secondary N) is 1. The molecule has 3 aliphatic heterocycles. The van der Waals surface area contributed by atoms with Gasteiger partial charge in [0.1, 0.15) is 17.9 Å². The highest BCUT2D eigenvalue weighted by molar-refractivity contribution is 6.31. The Labute approximate surface area is 161 Å². The Balaban J connectivity index is 1.32. The lowest BCUT2D eigenvalue weighted by atomic mass is 10.0. The summed E-state index contributed by atoms with van der Waals surface area (Å²) < 4.78 is 22.7. The molecule has 4 atom stereocenters. The third-order valence-corrected chi connectivity index (χ3v) is 6.20. The number of halogens is 2. The number of aromatic nitrogens is 2. The Morgan fingerprint density at radius 2 is 2.22 bits per heavy atom. The SMILES string of the molecule is O=C1C(OCC2CCN2)CCN1C1Cc2cc3cc(Cl)cnc3n2CC1F. The molecule has 2 aromatic heterocycles. The molecule has 4 unspecified atom stereocenters. The van der Waals surface area contributed by atoms with E-state index in [0.29, 0.717) is 37.1 Å². The third kappa shape index (κ3) is 3.02. The van der Waals surface area contributed by atoms with Gasteiger partial charge in [0.05, 0.1) is 24.2 Å². The van der Waals surface area contributed by atoms with Crippen LogP contribution < -0.4 is 5.32 Å². The molecule has 0 spiro atoms. The molecule has 6 nitrogen and oxygen atoms in total. The number of carbonyl (C=O) groups is 1. The summed E-state index contributed by atoms with van der Waals surface area (Å²) in [7, 11) is 0. The maximum atomic E-state index is 15.0. The van der Waals surface area contributed by atoms with Crippen molar-refractivity contribution in [2.24, 2.45) is 0 Å². The largest absolute Gasteiger partial charge is 0.367 e. The average Bonchev–Trinajstić information content (AvgIpc) is 3.13. The molecule has 27 heavy (non-hydrogen) atoms. The summed E-state index contributed by atoms with van der Waals surface area (Å²) in [5, 5.41) is 4.74. The molecule has 2 fully saturated rings. The number of nitrogens with zero attached hydrogens (tertiary/aromatic N) is 3. The van der Waals surface area contributed by atoms with Gasteiger partial charge >= 0.3 is 0 Å². The lowest BCUT2D eigenvalue weighted by Crippen LogP contribution is -2.50. The number of alkyl halides is 1. The zero-order valence-electron chi connectivity index (χ0n) is 14.9. The van der Waals surface area contributed by atoms with Gasteiger partial charge in [-0.05, 0) is 25.1 Å². The van der Waals surface area contributed by atoms with Crippen molar-refractivity contribution in [1.82, 2.24) is 19.8 Å². The first-order valence-electron chi connectivity index (χ1n) is 9.53. The van der Waals surface area contributed by atoms with Crippen LogP contribution in [0.3, 0.4) is 0 Å². The van der Waals surface area contributed by atoms with E-state index in [1.54, 1.807) is 11.1 Å². The van der Waals surface area contributed by atoms with Crippen LogP contribution in [0.1, 0.15) is 18.5 Å². The summed E-state index contributed by atoms with van der Waals surface area (Å²) in [6.07, 6.45) is 2.23.